The predicted molar refractivity (Wildman–Crippen MR) is 91.8 cm³/mol. The van der Waals surface area contributed by atoms with Crippen LogP contribution in [-0.4, -0.2) is 30.1 Å². The third kappa shape index (κ3) is 2.85. The van der Waals surface area contributed by atoms with E-state index in [9.17, 15) is 0 Å². The van der Waals surface area contributed by atoms with E-state index in [2.05, 4.69) is 38.9 Å². The second kappa shape index (κ2) is 6.26. The fourth-order valence-corrected chi connectivity index (χ4v) is 3.46. The highest BCUT2D eigenvalue weighted by molar-refractivity contribution is 7.99. The molecule has 114 valence electrons. The zero-order chi connectivity index (χ0) is 15.5. The van der Waals surface area contributed by atoms with Crippen molar-refractivity contribution in [2.75, 3.05) is 5.75 Å². The predicted octanol–water partition coefficient (Wildman–Crippen LogP) is 3.41. The molecule has 0 amide bonds. The molecule has 0 aliphatic heterocycles. The van der Waals surface area contributed by atoms with Crippen molar-refractivity contribution in [2.24, 2.45) is 0 Å². The van der Waals surface area contributed by atoms with Crippen LogP contribution in [0.5, 0.6) is 0 Å². The van der Waals surface area contributed by atoms with Gasteiger partial charge in [-0.15, -0.1) is 0 Å². The topological polar surface area (TPSA) is 48.5 Å². The van der Waals surface area contributed by atoms with Crippen LogP contribution in [-0.2, 0) is 6.54 Å². The normalized spacial score (nSPS) is 11.1. The average Bonchev–Trinajstić information content (AvgIpc) is 3.23. The minimum Gasteiger partial charge on any atom is -0.287 e. The van der Waals surface area contributed by atoms with Gasteiger partial charge in [0.1, 0.15) is 12.7 Å². The van der Waals surface area contributed by atoms with Crippen LogP contribution in [0.3, 0.4) is 0 Å². The van der Waals surface area contributed by atoms with Crippen molar-refractivity contribution in [2.45, 2.75) is 11.7 Å². The summed E-state index contributed by atoms with van der Waals surface area (Å²) in [6, 6.07) is 18.6. The van der Waals surface area contributed by atoms with E-state index in [-0.39, 0.29) is 0 Å². The number of rotatable bonds is 5. The van der Waals surface area contributed by atoms with Gasteiger partial charge in [-0.3, -0.25) is 9.25 Å². The Bertz CT molecular complexity index is 899. The highest BCUT2D eigenvalue weighted by Crippen LogP contribution is 2.27. The first-order chi connectivity index (χ1) is 11.4. The molecule has 23 heavy (non-hydrogen) atoms. The van der Waals surface area contributed by atoms with Crippen LogP contribution in [0.25, 0.3) is 16.7 Å². The van der Waals surface area contributed by atoms with Gasteiger partial charge in [0.2, 0.25) is 0 Å². The molecule has 0 N–H and O–H groups in total. The van der Waals surface area contributed by atoms with Crippen molar-refractivity contribution in [3.63, 3.8) is 0 Å². The Morgan fingerprint density at radius 1 is 0.957 bits per heavy atom. The standard InChI is InChI=1S/C17H15N5S/c1-2-6-14(7-3-1)22-16-9-5-4-8-15(16)20-17(22)23-11-10-21-13-18-12-19-21/h1-9,12-13H,10-11H2. The molecule has 0 saturated heterocycles. The molecule has 0 aliphatic rings. The summed E-state index contributed by atoms with van der Waals surface area (Å²) in [6.45, 7) is 0.808. The number of imidazole rings is 1. The van der Waals surface area contributed by atoms with E-state index in [4.69, 9.17) is 4.98 Å². The molecule has 0 bridgehead atoms. The minimum absolute atomic E-state index is 0.808. The van der Waals surface area contributed by atoms with Crippen LogP contribution >= 0.6 is 11.8 Å². The van der Waals surface area contributed by atoms with Crippen molar-refractivity contribution in [1.29, 1.82) is 0 Å². The van der Waals surface area contributed by atoms with Gasteiger partial charge in [0.25, 0.3) is 0 Å². The van der Waals surface area contributed by atoms with Gasteiger partial charge in [-0.25, -0.2) is 9.97 Å². The molecule has 2 heterocycles. The lowest BCUT2D eigenvalue weighted by Gasteiger charge is -2.08. The van der Waals surface area contributed by atoms with E-state index in [0.29, 0.717) is 0 Å². The van der Waals surface area contributed by atoms with Crippen molar-refractivity contribution < 1.29 is 0 Å². The quantitative estimate of drug-likeness (QED) is 0.529. The van der Waals surface area contributed by atoms with Crippen LogP contribution in [0.1, 0.15) is 0 Å². The van der Waals surface area contributed by atoms with Gasteiger partial charge in [-0.2, -0.15) is 5.10 Å². The zero-order valence-corrected chi connectivity index (χ0v) is 13.2. The van der Waals surface area contributed by atoms with Crippen LogP contribution in [0.2, 0.25) is 0 Å². The monoisotopic (exact) mass is 321 g/mol. The summed E-state index contributed by atoms with van der Waals surface area (Å²) in [5.41, 5.74) is 3.27. The van der Waals surface area contributed by atoms with E-state index in [1.807, 2.05) is 35.0 Å². The third-order valence-corrected chi connectivity index (χ3v) is 4.48. The molecule has 2 aromatic heterocycles. The smallest absolute Gasteiger partial charge is 0.173 e. The lowest BCUT2D eigenvalue weighted by atomic mass is 10.3. The van der Waals surface area contributed by atoms with Gasteiger partial charge in [0, 0.05) is 11.4 Å². The van der Waals surface area contributed by atoms with E-state index in [0.717, 1.165) is 34.2 Å². The zero-order valence-electron chi connectivity index (χ0n) is 12.4. The Balaban J connectivity index is 1.68. The van der Waals surface area contributed by atoms with Gasteiger partial charge < -0.3 is 0 Å². The fourth-order valence-electron chi connectivity index (χ4n) is 2.51. The molecular weight excluding hydrogens is 306 g/mol. The van der Waals surface area contributed by atoms with Crippen molar-refractivity contribution in [3.8, 4) is 5.69 Å². The first-order valence-corrected chi connectivity index (χ1v) is 8.38. The van der Waals surface area contributed by atoms with E-state index in [1.165, 1.54) is 0 Å². The number of benzene rings is 2. The molecule has 4 aromatic rings. The summed E-state index contributed by atoms with van der Waals surface area (Å²) >= 11 is 1.73. The molecule has 0 radical (unpaired) electrons. The summed E-state index contributed by atoms with van der Waals surface area (Å²) in [4.78, 5) is 8.76. The lowest BCUT2D eigenvalue weighted by Crippen LogP contribution is -2.02. The molecule has 0 spiro atoms. The largest absolute Gasteiger partial charge is 0.287 e. The second-order valence-corrected chi connectivity index (χ2v) is 6.12. The van der Waals surface area contributed by atoms with Crippen LogP contribution in [0, 0.1) is 0 Å². The van der Waals surface area contributed by atoms with Crippen molar-refractivity contribution in [3.05, 3.63) is 67.3 Å². The highest BCUT2D eigenvalue weighted by Gasteiger charge is 2.12. The Morgan fingerprint density at radius 3 is 2.61 bits per heavy atom. The summed E-state index contributed by atoms with van der Waals surface area (Å²) in [5.74, 6) is 0.888. The highest BCUT2D eigenvalue weighted by atomic mass is 32.2. The fraction of sp³-hybridized carbons (Fsp3) is 0.118. The van der Waals surface area contributed by atoms with Gasteiger partial charge in [-0.05, 0) is 24.3 Å². The summed E-state index contributed by atoms with van der Waals surface area (Å²) in [6.07, 6.45) is 3.30. The van der Waals surface area contributed by atoms with E-state index in [1.54, 1.807) is 24.4 Å². The number of nitrogens with zero attached hydrogens (tertiary/aromatic N) is 5. The summed E-state index contributed by atoms with van der Waals surface area (Å²) in [5, 5.41) is 5.13. The molecule has 0 atom stereocenters. The van der Waals surface area contributed by atoms with Crippen molar-refractivity contribution in [1.82, 2.24) is 24.3 Å². The minimum atomic E-state index is 0.808. The third-order valence-electron chi connectivity index (χ3n) is 3.56. The number of aromatic nitrogens is 5. The molecule has 2 aromatic carbocycles. The number of aryl methyl sites for hydroxylation is 1. The Kier molecular flexibility index (Phi) is 3.81. The molecule has 0 aliphatic carbocycles. The molecule has 0 unspecified atom stereocenters. The molecule has 6 heteroatoms. The van der Waals surface area contributed by atoms with E-state index < -0.39 is 0 Å². The van der Waals surface area contributed by atoms with Crippen molar-refractivity contribution >= 4 is 22.8 Å². The van der Waals surface area contributed by atoms with Gasteiger partial charge in [0.05, 0.1) is 17.6 Å². The average molecular weight is 321 g/mol. The maximum Gasteiger partial charge on any atom is 0.173 e. The number of thioether (sulfide) groups is 1. The SMILES string of the molecule is c1ccc(-n2c(SCCn3cncn3)nc3ccccc32)cc1. The van der Waals surface area contributed by atoms with E-state index >= 15 is 0 Å². The number of para-hydroxylation sites is 3. The second-order valence-electron chi connectivity index (χ2n) is 5.06. The Labute approximate surface area is 138 Å². The van der Waals surface area contributed by atoms with Gasteiger partial charge >= 0.3 is 0 Å². The number of hydrogen-bond donors (Lipinski definition) is 0. The first-order valence-electron chi connectivity index (χ1n) is 7.40. The summed E-state index contributed by atoms with van der Waals surface area (Å²) < 4.78 is 4.05. The molecular formula is C17H15N5S. The van der Waals surface area contributed by atoms with Gasteiger partial charge in [-0.1, -0.05) is 42.1 Å². The molecule has 0 saturated carbocycles. The molecule has 5 nitrogen and oxygen atoms in total. The van der Waals surface area contributed by atoms with Crippen LogP contribution in [0.4, 0.5) is 0 Å². The lowest BCUT2D eigenvalue weighted by molar-refractivity contribution is 0.663. The molecule has 4 rings (SSSR count). The molecule has 0 fully saturated rings. The maximum absolute atomic E-state index is 4.79. The number of hydrogen-bond acceptors (Lipinski definition) is 4. The van der Waals surface area contributed by atoms with Gasteiger partial charge in [0.15, 0.2) is 5.16 Å². The van der Waals surface area contributed by atoms with Crippen LogP contribution < -0.4 is 0 Å². The Hall–Kier alpha value is -2.60. The van der Waals surface area contributed by atoms with Crippen LogP contribution in [0.15, 0.2) is 72.4 Å². The first kappa shape index (κ1) is 14.0. The Morgan fingerprint density at radius 2 is 1.78 bits per heavy atom. The number of fused-ring (bicyclic) bond motifs is 1. The summed E-state index contributed by atoms with van der Waals surface area (Å²) in [7, 11) is 0. The maximum atomic E-state index is 4.79.